The van der Waals surface area contributed by atoms with Gasteiger partial charge >= 0.3 is 0 Å². The van der Waals surface area contributed by atoms with E-state index in [-0.39, 0.29) is 11.8 Å². The molecule has 0 spiro atoms. The first-order valence-electron chi connectivity index (χ1n) is 9.10. The lowest BCUT2D eigenvalue weighted by Gasteiger charge is -2.29. The average Bonchev–Trinajstić information content (AvgIpc) is 3.19. The van der Waals surface area contributed by atoms with Gasteiger partial charge in [0, 0.05) is 6.54 Å². The lowest BCUT2D eigenvalue weighted by Crippen LogP contribution is -2.39. The molecule has 1 aromatic carbocycles. The summed E-state index contributed by atoms with van der Waals surface area (Å²) in [5.41, 5.74) is 2.15. The number of carbonyl (C=O) groups excluding carboxylic acids is 1. The van der Waals surface area contributed by atoms with Crippen LogP contribution in [0.1, 0.15) is 36.6 Å². The Morgan fingerprint density at radius 1 is 1.21 bits per heavy atom. The van der Waals surface area contributed by atoms with Crippen molar-refractivity contribution < 1.29 is 13.2 Å². The summed E-state index contributed by atoms with van der Waals surface area (Å²) in [5, 5.41) is 15.6. The summed E-state index contributed by atoms with van der Waals surface area (Å²) in [7, 11) is -3.59. The summed E-state index contributed by atoms with van der Waals surface area (Å²) in [4.78, 5) is 14.5. The number of sulfone groups is 1. The molecule has 2 rings (SSSR count). The molecule has 0 aliphatic heterocycles. The third-order valence-electron chi connectivity index (χ3n) is 4.49. The maximum atomic E-state index is 12.3. The Hall–Kier alpha value is -2.21. The summed E-state index contributed by atoms with van der Waals surface area (Å²) in [6, 6.07) is 10.4. The number of rotatable bonds is 10. The van der Waals surface area contributed by atoms with Gasteiger partial charge in [-0.3, -0.25) is 9.69 Å². The fourth-order valence-electron chi connectivity index (χ4n) is 3.03. The van der Waals surface area contributed by atoms with Crippen LogP contribution in [-0.4, -0.2) is 44.6 Å². The van der Waals surface area contributed by atoms with Gasteiger partial charge in [0.1, 0.15) is 5.75 Å². The third-order valence-corrected chi connectivity index (χ3v) is 6.67. The number of nitrogens with zero attached hydrogens (tertiary/aromatic N) is 2. The number of hydrogen-bond donors (Lipinski definition) is 1. The predicted molar refractivity (Wildman–Crippen MR) is 112 cm³/mol. The van der Waals surface area contributed by atoms with Crippen molar-refractivity contribution >= 4 is 27.1 Å². The zero-order valence-corrected chi connectivity index (χ0v) is 17.7. The summed E-state index contributed by atoms with van der Waals surface area (Å²) in [6.07, 6.45) is 0. The molecule has 0 fully saturated rings. The van der Waals surface area contributed by atoms with Crippen molar-refractivity contribution in [3.63, 3.8) is 0 Å². The van der Waals surface area contributed by atoms with E-state index in [4.69, 9.17) is 5.26 Å². The molecular formula is C20H25N3O3S2. The molecule has 0 aliphatic carbocycles. The van der Waals surface area contributed by atoms with Crippen molar-refractivity contribution in [2.24, 2.45) is 0 Å². The number of carbonyl (C=O) groups is 1. The highest BCUT2D eigenvalue weighted by atomic mass is 32.2. The second-order valence-electron chi connectivity index (χ2n) is 6.44. The van der Waals surface area contributed by atoms with Crippen LogP contribution in [0.3, 0.4) is 0 Å². The van der Waals surface area contributed by atoms with Gasteiger partial charge in [0.05, 0.1) is 23.4 Å². The van der Waals surface area contributed by atoms with Crippen LogP contribution < -0.4 is 5.32 Å². The van der Waals surface area contributed by atoms with Crippen LogP contribution in [0.15, 0.2) is 41.1 Å². The quantitative estimate of drug-likeness (QED) is 0.639. The first kappa shape index (κ1) is 22.1. The summed E-state index contributed by atoms with van der Waals surface area (Å²) >= 11 is 1.60. The minimum atomic E-state index is -3.59. The normalized spacial score (nSPS) is 12.5. The van der Waals surface area contributed by atoms with Gasteiger partial charge < -0.3 is 5.32 Å². The first-order valence-corrected chi connectivity index (χ1v) is 11.9. The molecule has 1 amide bonds. The number of hydrogen-bond acceptors (Lipinski definition) is 6. The van der Waals surface area contributed by atoms with E-state index >= 15 is 0 Å². The summed E-state index contributed by atoms with van der Waals surface area (Å²) < 4.78 is 24.7. The lowest BCUT2D eigenvalue weighted by atomic mass is 10.1. The molecule has 0 saturated carbocycles. The van der Waals surface area contributed by atoms with E-state index in [1.54, 1.807) is 35.6 Å². The average molecular weight is 420 g/mol. The van der Waals surface area contributed by atoms with Crippen LogP contribution in [0.4, 0.5) is 0 Å². The molecule has 0 aliphatic rings. The van der Waals surface area contributed by atoms with E-state index in [0.717, 1.165) is 18.7 Å². The summed E-state index contributed by atoms with van der Waals surface area (Å²) in [6.45, 7) is 6.16. The van der Waals surface area contributed by atoms with Gasteiger partial charge in [0.15, 0.2) is 9.84 Å². The smallest absolute Gasteiger partial charge is 0.235 e. The van der Waals surface area contributed by atoms with E-state index < -0.39 is 21.5 Å². The number of thiophene rings is 1. The molecule has 2 aromatic rings. The Balaban J connectivity index is 1.96. The molecule has 28 heavy (non-hydrogen) atoms. The number of benzene rings is 1. The van der Waals surface area contributed by atoms with E-state index in [9.17, 15) is 13.2 Å². The van der Waals surface area contributed by atoms with Crippen molar-refractivity contribution in [2.75, 3.05) is 25.4 Å². The van der Waals surface area contributed by atoms with Crippen LogP contribution in [0, 0.1) is 11.3 Å². The third kappa shape index (κ3) is 6.44. The Kier molecular flexibility index (Phi) is 8.18. The number of nitrogens with one attached hydrogen (secondary N) is 1. The molecule has 1 unspecified atom stereocenters. The van der Waals surface area contributed by atoms with Crippen LogP contribution in [0.25, 0.3) is 0 Å². The second kappa shape index (κ2) is 10.4. The molecule has 0 bridgehead atoms. The fourth-order valence-corrected chi connectivity index (χ4v) is 5.04. The van der Waals surface area contributed by atoms with Gasteiger partial charge in [-0.2, -0.15) is 16.6 Å². The van der Waals surface area contributed by atoms with Crippen molar-refractivity contribution in [3.05, 3.63) is 57.8 Å². The number of likely N-dealkylation sites (N-methyl/N-ethyl adjacent to an activating group) is 1. The van der Waals surface area contributed by atoms with E-state index in [1.807, 2.05) is 17.5 Å². The van der Waals surface area contributed by atoms with Crippen molar-refractivity contribution in [2.45, 2.75) is 25.6 Å². The number of amides is 1. The molecular weight excluding hydrogens is 394 g/mol. The van der Waals surface area contributed by atoms with Crippen LogP contribution in [-0.2, 0) is 20.4 Å². The van der Waals surface area contributed by atoms with Crippen LogP contribution in [0.5, 0.6) is 0 Å². The van der Waals surface area contributed by atoms with Gasteiger partial charge in [-0.05, 0) is 53.2 Å². The molecule has 1 N–H and O–H groups in total. The highest BCUT2D eigenvalue weighted by Gasteiger charge is 2.22. The minimum absolute atomic E-state index is 0.0198. The van der Waals surface area contributed by atoms with Gasteiger partial charge in [0.2, 0.25) is 5.91 Å². The van der Waals surface area contributed by atoms with Crippen LogP contribution >= 0.6 is 11.3 Å². The molecule has 1 aromatic heterocycles. The predicted octanol–water partition coefficient (Wildman–Crippen LogP) is 2.73. The topological polar surface area (TPSA) is 90.3 Å². The van der Waals surface area contributed by atoms with Gasteiger partial charge in [0.25, 0.3) is 0 Å². The van der Waals surface area contributed by atoms with Crippen LogP contribution in [0.2, 0.25) is 0 Å². The minimum Gasteiger partial charge on any atom is -0.353 e. The highest BCUT2D eigenvalue weighted by Crippen LogP contribution is 2.22. The number of nitriles is 1. The van der Waals surface area contributed by atoms with Gasteiger partial charge in [-0.1, -0.05) is 26.0 Å². The highest BCUT2D eigenvalue weighted by molar-refractivity contribution is 7.91. The second-order valence-corrected chi connectivity index (χ2v) is 9.28. The Morgan fingerprint density at radius 3 is 2.43 bits per heavy atom. The Morgan fingerprint density at radius 2 is 1.89 bits per heavy atom. The van der Waals surface area contributed by atoms with Crippen molar-refractivity contribution in [1.29, 1.82) is 5.26 Å². The maximum Gasteiger partial charge on any atom is 0.235 e. The van der Waals surface area contributed by atoms with E-state index in [1.165, 1.54) is 0 Å². The van der Waals surface area contributed by atoms with Crippen molar-refractivity contribution in [1.82, 2.24) is 10.2 Å². The Labute approximate surface area is 170 Å². The Bertz CT molecular complexity index is 897. The zero-order chi connectivity index (χ0) is 20.6. The van der Waals surface area contributed by atoms with E-state index in [2.05, 4.69) is 29.4 Å². The van der Waals surface area contributed by atoms with Crippen molar-refractivity contribution in [3.8, 4) is 6.07 Å². The molecule has 0 radical (unpaired) electrons. The summed E-state index contributed by atoms with van der Waals surface area (Å²) in [5.74, 6) is -1.28. The standard InChI is InChI=1S/C20H25N3O3S2/c1-3-23(4-2)19(18-9-10-27-13-18)12-22-20(24)15-28(25,26)14-17-7-5-16(11-21)6-8-17/h5-10,13,19H,3-4,12,14-15H2,1-2H3,(H,22,24). The monoisotopic (exact) mass is 419 g/mol. The first-order chi connectivity index (χ1) is 13.4. The zero-order valence-electron chi connectivity index (χ0n) is 16.1. The van der Waals surface area contributed by atoms with Gasteiger partial charge in [-0.25, -0.2) is 8.42 Å². The molecule has 8 heteroatoms. The van der Waals surface area contributed by atoms with Gasteiger partial charge in [-0.15, -0.1) is 0 Å². The SMILES string of the molecule is CCN(CC)C(CNC(=O)CS(=O)(=O)Cc1ccc(C#N)cc1)c1ccsc1. The lowest BCUT2D eigenvalue weighted by molar-refractivity contribution is -0.118. The molecule has 0 saturated heterocycles. The van der Waals surface area contributed by atoms with E-state index in [0.29, 0.717) is 17.7 Å². The largest absolute Gasteiger partial charge is 0.353 e. The maximum absolute atomic E-state index is 12.3. The fraction of sp³-hybridized carbons (Fsp3) is 0.400. The molecule has 1 heterocycles. The molecule has 150 valence electrons. The molecule has 6 nitrogen and oxygen atoms in total. The molecule has 1 atom stereocenters.